The number of carbonyl (C=O) groups is 1. The first kappa shape index (κ1) is 14.1. The van der Waals surface area contributed by atoms with E-state index in [0.29, 0.717) is 12.1 Å². The van der Waals surface area contributed by atoms with Gasteiger partial charge < -0.3 is 14.9 Å². The predicted octanol–water partition coefficient (Wildman–Crippen LogP) is 2.66. The number of aromatic nitrogens is 1. The maximum atomic E-state index is 12.8. The van der Waals surface area contributed by atoms with Crippen LogP contribution in [0.25, 0.3) is 0 Å². The van der Waals surface area contributed by atoms with E-state index in [4.69, 9.17) is 0 Å². The van der Waals surface area contributed by atoms with Gasteiger partial charge in [0.25, 0.3) is 5.91 Å². The second-order valence-electron chi connectivity index (χ2n) is 6.27. The van der Waals surface area contributed by atoms with Gasteiger partial charge in [-0.3, -0.25) is 9.78 Å². The number of aromatic hydroxyl groups is 1. The van der Waals surface area contributed by atoms with Gasteiger partial charge in [-0.15, -0.1) is 0 Å². The molecule has 2 heterocycles. The van der Waals surface area contributed by atoms with Gasteiger partial charge in [0.2, 0.25) is 0 Å². The van der Waals surface area contributed by atoms with E-state index in [0.717, 1.165) is 30.4 Å². The van der Waals surface area contributed by atoms with Crippen LogP contribution in [0.3, 0.4) is 0 Å². The number of benzene rings is 1. The molecular weight excluding hydrogens is 290 g/mol. The Kier molecular flexibility index (Phi) is 3.41. The summed E-state index contributed by atoms with van der Waals surface area (Å²) in [5, 5.41) is 9.56. The summed E-state index contributed by atoms with van der Waals surface area (Å²) in [5.74, 6) is 0.698. The van der Waals surface area contributed by atoms with Crippen molar-refractivity contribution in [3.05, 3.63) is 48.3 Å². The van der Waals surface area contributed by atoms with Crippen LogP contribution in [0, 0.1) is 5.92 Å². The Morgan fingerprint density at radius 3 is 2.70 bits per heavy atom. The van der Waals surface area contributed by atoms with Crippen LogP contribution in [0.4, 0.5) is 11.4 Å². The van der Waals surface area contributed by atoms with Crippen molar-refractivity contribution in [2.75, 3.05) is 29.4 Å². The quantitative estimate of drug-likeness (QED) is 0.947. The summed E-state index contributed by atoms with van der Waals surface area (Å²) in [6.45, 7) is 2.57. The molecule has 1 aliphatic heterocycles. The predicted molar refractivity (Wildman–Crippen MR) is 89.0 cm³/mol. The topological polar surface area (TPSA) is 56.7 Å². The van der Waals surface area contributed by atoms with E-state index >= 15 is 0 Å². The normalized spacial score (nSPS) is 17.0. The van der Waals surface area contributed by atoms with Crippen LogP contribution < -0.4 is 9.80 Å². The number of fused-ring (bicyclic) bond motifs is 1. The monoisotopic (exact) mass is 309 g/mol. The van der Waals surface area contributed by atoms with E-state index in [1.165, 1.54) is 31.3 Å². The molecule has 118 valence electrons. The lowest BCUT2D eigenvalue weighted by atomic mass is 10.1. The summed E-state index contributed by atoms with van der Waals surface area (Å²) >= 11 is 0. The van der Waals surface area contributed by atoms with Crippen molar-refractivity contribution in [2.45, 2.75) is 12.8 Å². The van der Waals surface area contributed by atoms with Crippen molar-refractivity contribution >= 4 is 17.3 Å². The number of rotatable bonds is 3. The molecule has 1 aromatic carbocycles. The third-order valence-corrected chi connectivity index (χ3v) is 4.50. The van der Waals surface area contributed by atoms with Crippen LogP contribution in [0.15, 0.2) is 42.7 Å². The third kappa shape index (κ3) is 2.74. The molecule has 2 aromatic rings. The molecule has 23 heavy (non-hydrogen) atoms. The molecule has 1 saturated carbocycles. The summed E-state index contributed by atoms with van der Waals surface area (Å²) in [7, 11) is 0. The molecule has 0 saturated heterocycles. The van der Waals surface area contributed by atoms with Gasteiger partial charge in [0.15, 0.2) is 0 Å². The number of hydrogen-bond donors (Lipinski definition) is 1. The summed E-state index contributed by atoms with van der Waals surface area (Å²) in [6.07, 6.45) is 5.46. The summed E-state index contributed by atoms with van der Waals surface area (Å²) < 4.78 is 0. The van der Waals surface area contributed by atoms with Crippen molar-refractivity contribution in [2.24, 2.45) is 5.92 Å². The van der Waals surface area contributed by atoms with Crippen LogP contribution in [-0.4, -0.2) is 35.6 Å². The van der Waals surface area contributed by atoms with Crippen molar-refractivity contribution in [1.82, 2.24) is 4.98 Å². The van der Waals surface area contributed by atoms with E-state index in [2.05, 4.69) is 16.0 Å². The van der Waals surface area contributed by atoms with Gasteiger partial charge in [-0.25, -0.2) is 0 Å². The highest BCUT2D eigenvalue weighted by molar-refractivity contribution is 6.08. The average Bonchev–Trinajstić information content (AvgIpc) is 3.39. The van der Waals surface area contributed by atoms with E-state index in [9.17, 15) is 9.90 Å². The number of amides is 1. The lowest BCUT2D eigenvalue weighted by Crippen LogP contribution is -2.44. The second-order valence-corrected chi connectivity index (χ2v) is 6.27. The number of para-hydroxylation sites is 2. The third-order valence-electron chi connectivity index (χ3n) is 4.50. The largest absolute Gasteiger partial charge is 0.506 e. The standard InChI is InChI=1S/C18H19N3O2/c22-15-9-14(10-19-11-15)18(23)21-8-7-20(12-13-5-6-13)16-3-1-2-4-17(16)21/h1-4,9-11,13,22H,5-8,12H2. The fourth-order valence-corrected chi connectivity index (χ4v) is 3.13. The summed E-state index contributed by atoms with van der Waals surface area (Å²) in [5.41, 5.74) is 2.47. The maximum absolute atomic E-state index is 12.8. The highest BCUT2D eigenvalue weighted by Crippen LogP contribution is 2.37. The van der Waals surface area contributed by atoms with Gasteiger partial charge in [-0.2, -0.15) is 0 Å². The fraction of sp³-hybridized carbons (Fsp3) is 0.333. The van der Waals surface area contributed by atoms with E-state index in [1.54, 1.807) is 4.90 Å². The Balaban J connectivity index is 1.65. The second kappa shape index (κ2) is 5.57. The first-order valence-electron chi connectivity index (χ1n) is 8.02. The minimum absolute atomic E-state index is 0.0107. The van der Waals surface area contributed by atoms with E-state index in [1.807, 2.05) is 18.2 Å². The van der Waals surface area contributed by atoms with Gasteiger partial charge in [-0.1, -0.05) is 12.1 Å². The van der Waals surface area contributed by atoms with Crippen molar-refractivity contribution < 1.29 is 9.90 Å². The minimum Gasteiger partial charge on any atom is -0.506 e. The van der Waals surface area contributed by atoms with Crippen LogP contribution in [0.5, 0.6) is 5.75 Å². The van der Waals surface area contributed by atoms with Crippen LogP contribution in [-0.2, 0) is 0 Å². The number of pyridine rings is 1. The van der Waals surface area contributed by atoms with Gasteiger partial charge in [0.05, 0.1) is 23.1 Å². The van der Waals surface area contributed by atoms with Crippen molar-refractivity contribution in [3.63, 3.8) is 0 Å². The van der Waals surface area contributed by atoms with Crippen molar-refractivity contribution in [1.29, 1.82) is 0 Å². The highest BCUT2D eigenvalue weighted by Gasteiger charge is 2.31. The van der Waals surface area contributed by atoms with Crippen molar-refractivity contribution in [3.8, 4) is 5.75 Å². The zero-order valence-corrected chi connectivity index (χ0v) is 12.9. The number of anilines is 2. The molecule has 1 aliphatic carbocycles. The molecule has 5 heteroatoms. The lowest BCUT2D eigenvalue weighted by Gasteiger charge is -2.38. The first-order valence-corrected chi connectivity index (χ1v) is 8.02. The number of nitrogens with zero attached hydrogens (tertiary/aromatic N) is 3. The summed E-state index contributed by atoms with van der Waals surface area (Å²) in [4.78, 5) is 20.9. The molecule has 0 spiro atoms. The van der Waals surface area contributed by atoms with Gasteiger partial charge in [0.1, 0.15) is 5.75 Å². The van der Waals surface area contributed by atoms with Gasteiger partial charge in [0, 0.05) is 25.8 Å². The van der Waals surface area contributed by atoms with E-state index < -0.39 is 0 Å². The number of hydrogen-bond acceptors (Lipinski definition) is 4. The first-order chi connectivity index (χ1) is 11.2. The average molecular weight is 309 g/mol. The molecule has 0 radical (unpaired) electrons. The zero-order chi connectivity index (χ0) is 15.8. The molecule has 1 N–H and O–H groups in total. The van der Waals surface area contributed by atoms with Crippen LogP contribution in [0.2, 0.25) is 0 Å². The lowest BCUT2D eigenvalue weighted by molar-refractivity contribution is 0.0986. The Hall–Kier alpha value is -2.56. The van der Waals surface area contributed by atoms with Gasteiger partial charge in [-0.05, 0) is 37.0 Å². The van der Waals surface area contributed by atoms with Gasteiger partial charge >= 0.3 is 0 Å². The fourth-order valence-electron chi connectivity index (χ4n) is 3.13. The summed E-state index contributed by atoms with van der Waals surface area (Å²) in [6, 6.07) is 9.51. The molecule has 1 aromatic heterocycles. The maximum Gasteiger partial charge on any atom is 0.260 e. The minimum atomic E-state index is -0.119. The highest BCUT2D eigenvalue weighted by atomic mass is 16.3. The zero-order valence-electron chi connectivity index (χ0n) is 12.9. The smallest absolute Gasteiger partial charge is 0.260 e. The van der Waals surface area contributed by atoms with Crippen LogP contribution >= 0.6 is 0 Å². The number of carbonyl (C=O) groups excluding carboxylic acids is 1. The molecule has 1 amide bonds. The Morgan fingerprint density at radius 1 is 1.17 bits per heavy atom. The van der Waals surface area contributed by atoms with E-state index in [-0.39, 0.29) is 11.7 Å². The Morgan fingerprint density at radius 2 is 1.96 bits per heavy atom. The molecule has 5 nitrogen and oxygen atoms in total. The Bertz CT molecular complexity index is 743. The molecule has 0 bridgehead atoms. The molecule has 1 fully saturated rings. The van der Waals surface area contributed by atoms with Crippen LogP contribution in [0.1, 0.15) is 23.2 Å². The Labute approximate surface area is 135 Å². The molecule has 4 rings (SSSR count). The SMILES string of the molecule is O=C(c1cncc(O)c1)N1CCN(CC2CC2)c2ccccc21. The molecular formula is C18H19N3O2. The molecule has 0 unspecified atom stereocenters. The molecule has 0 atom stereocenters. The molecule has 2 aliphatic rings.